The van der Waals surface area contributed by atoms with Gasteiger partial charge in [0.2, 0.25) is 0 Å². The van der Waals surface area contributed by atoms with Crippen LogP contribution in [0.1, 0.15) is 50.5 Å². The van der Waals surface area contributed by atoms with Crippen LogP contribution in [-0.4, -0.2) is 51.3 Å². The molecule has 1 aromatic carbocycles. The molecule has 2 atom stereocenters. The summed E-state index contributed by atoms with van der Waals surface area (Å²) in [7, 11) is 3.72. The summed E-state index contributed by atoms with van der Waals surface area (Å²) in [5.74, 6) is 2.37. The summed E-state index contributed by atoms with van der Waals surface area (Å²) in [6, 6.07) is 11.0. The van der Waals surface area contributed by atoms with Crippen molar-refractivity contribution in [1.29, 1.82) is 0 Å². The Morgan fingerprint density at radius 3 is 2.59 bits per heavy atom. The van der Waals surface area contributed by atoms with Gasteiger partial charge in [0.05, 0.1) is 0 Å². The van der Waals surface area contributed by atoms with Crippen LogP contribution >= 0.6 is 24.0 Å². The summed E-state index contributed by atoms with van der Waals surface area (Å²) >= 11 is 0. The van der Waals surface area contributed by atoms with Crippen molar-refractivity contribution in [2.24, 2.45) is 16.3 Å². The molecular weight excluding hydrogens is 449 g/mol. The van der Waals surface area contributed by atoms with Crippen LogP contribution in [0.4, 0.5) is 0 Å². The number of nitrogens with one attached hydrogen (secondary N) is 1. The van der Waals surface area contributed by atoms with E-state index in [1.807, 2.05) is 7.05 Å². The minimum absolute atomic E-state index is 0. The molecule has 1 N–H and O–H groups in total. The third-order valence-corrected chi connectivity index (χ3v) is 6.52. The zero-order valence-corrected chi connectivity index (χ0v) is 19.4. The van der Waals surface area contributed by atoms with E-state index < -0.39 is 0 Å². The van der Waals surface area contributed by atoms with Crippen molar-refractivity contribution in [3.8, 4) is 0 Å². The zero-order valence-electron chi connectivity index (χ0n) is 17.1. The lowest BCUT2D eigenvalue weighted by molar-refractivity contribution is 0.0722. The smallest absolute Gasteiger partial charge is 0.193 e. The maximum atomic E-state index is 5.32. The Hall–Kier alpha value is -0.820. The van der Waals surface area contributed by atoms with Gasteiger partial charge >= 0.3 is 0 Å². The number of hydrogen-bond acceptors (Lipinski definition) is 2. The van der Waals surface area contributed by atoms with Crippen LogP contribution in [0.25, 0.3) is 0 Å². The van der Waals surface area contributed by atoms with Gasteiger partial charge in [-0.3, -0.25) is 4.99 Å². The van der Waals surface area contributed by atoms with Crippen molar-refractivity contribution < 1.29 is 4.74 Å². The molecule has 1 aliphatic carbocycles. The van der Waals surface area contributed by atoms with Gasteiger partial charge in [0.1, 0.15) is 0 Å². The number of likely N-dealkylation sites (tertiary alicyclic amines) is 1. The van der Waals surface area contributed by atoms with Gasteiger partial charge < -0.3 is 15.0 Å². The Labute approximate surface area is 182 Å². The number of piperidine rings is 1. The summed E-state index contributed by atoms with van der Waals surface area (Å²) in [5.41, 5.74) is 1.90. The van der Waals surface area contributed by atoms with E-state index >= 15 is 0 Å². The number of aliphatic imine (C=N–C) groups is 1. The molecule has 0 radical (unpaired) electrons. The number of hydrogen-bond donors (Lipinski definition) is 1. The quantitative estimate of drug-likeness (QED) is 0.366. The fraction of sp³-hybridized carbons (Fsp3) is 0.682. The number of halogens is 1. The van der Waals surface area contributed by atoms with Gasteiger partial charge in [-0.2, -0.15) is 0 Å². The normalized spacial score (nSPS) is 24.7. The fourth-order valence-corrected chi connectivity index (χ4v) is 4.64. The molecular formula is C22H36IN3O. The van der Waals surface area contributed by atoms with Gasteiger partial charge in [0.15, 0.2) is 5.96 Å². The van der Waals surface area contributed by atoms with Crippen molar-refractivity contribution in [2.75, 3.05) is 40.4 Å². The lowest BCUT2D eigenvalue weighted by Crippen LogP contribution is -2.51. The monoisotopic (exact) mass is 485 g/mol. The molecule has 0 bridgehead atoms. The number of rotatable bonds is 6. The third kappa shape index (κ3) is 5.59. The van der Waals surface area contributed by atoms with Crippen LogP contribution in [0.3, 0.4) is 0 Å². The average molecular weight is 485 g/mol. The van der Waals surface area contributed by atoms with Crippen LogP contribution in [-0.2, 0) is 4.74 Å². The first-order valence-corrected chi connectivity index (χ1v) is 10.2. The first-order valence-electron chi connectivity index (χ1n) is 10.2. The second-order valence-electron chi connectivity index (χ2n) is 8.23. The molecule has 2 fully saturated rings. The molecule has 3 rings (SSSR count). The van der Waals surface area contributed by atoms with Gasteiger partial charge in [0, 0.05) is 40.4 Å². The van der Waals surface area contributed by atoms with Crippen LogP contribution < -0.4 is 5.32 Å². The number of methoxy groups -OCH3 is 1. The van der Waals surface area contributed by atoms with E-state index in [1.165, 1.54) is 31.2 Å². The molecule has 1 saturated heterocycles. The van der Waals surface area contributed by atoms with Crippen LogP contribution in [0.15, 0.2) is 35.3 Å². The second kappa shape index (κ2) is 10.6. The van der Waals surface area contributed by atoms with Crippen molar-refractivity contribution >= 4 is 29.9 Å². The molecule has 0 aromatic heterocycles. The largest absolute Gasteiger partial charge is 0.385 e. The van der Waals surface area contributed by atoms with Crippen molar-refractivity contribution in [3.05, 3.63) is 35.9 Å². The summed E-state index contributed by atoms with van der Waals surface area (Å²) in [4.78, 5) is 7.04. The standard InChI is InChI=1S/C22H35N3O.HI/c1-18-16-25(14-10-20(18)19-8-5-4-6-9-19)21(23-2)24-17-22(11-7-12-22)13-15-26-3;/h4-6,8-9,18,20H,7,10-17H2,1-3H3,(H,23,24);1H. The predicted molar refractivity (Wildman–Crippen MR) is 124 cm³/mol. The maximum Gasteiger partial charge on any atom is 0.193 e. The van der Waals surface area contributed by atoms with Gasteiger partial charge in [-0.1, -0.05) is 43.7 Å². The van der Waals surface area contributed by atoms with E-state index in [9.17, 15) is 0 Å². The van der Waals surface area contributed by atoms with Crippen LogP contribution in [0.5, 0.6) is 0 Å². The summed E-state index contributed by atoms with van der Waals surface area (Å²) in [5, 5.41) is 3.69. The Kier molecular flexibility index (Phi) is 8.86. The molecule has 0 amide bonds. The Morgan fingerprint density at radius 2 is 2.04 bits per heavy atom. The van der Waals surface area contributed by atoms with Crippen LogP contribution in [0.2, 0.25) is 0 Å². The van der Waals surface area contributed by atoms with E-state index in [4.69, 9.17) is 4.74 Å². The molecule has 2 aliphatic rings. The summed E-state index contributed by atoms with van der Waals surface area (Å²) in [6.07, 6.45) is 6.32. The second-order valence-corrected chi connectivity index (χ2v) is 8.23. The van der Waals surface area contributed by atoms with Gasteiger partial charge in [-0.05, 0) is 48.5 Å². The van der Waals surface area contributed by atoms with E-state index in [-0.39, 0.29) is 24.0 Å². The fourth-order valence-electron chi connectivity index (χ4n) is 4.64. The van der Waals surface area contributed by atoms with Crippen LogP contribution in [0, 0.1) is 11.3 Å². The molecule has 152 valence electrons. The van der Waals surface area contributed by atoms with Crippen molar-refractivity contribution in [3.63, 3.8) is 0 Å². The highest BCUT2D eigenvalue weighted by molar-refractivity contribution is 14.0. The number of benzene rings is 1. The molecule has 1 heterocycles. The molecule has 5 heteroatoms. The van der Waals surface area contributed by atoms with Gasteiger partial charge in [-0.25, -0.2) is 0 Å². The zero-order chi connectivity index (χ0) is 18.4. The lowest BCUT2D eigenvalue weighted by atomic mass is 9.67. The van der Waals surface area contributed by atoms with E-state index in [0.29, 0.717) is 17.3 Å². The van der Waals surface area contributed by atoms with Crippen molar-refractivity contribution in [1.82, 2.24) is 10.2 Å². The molecule has 1 aliphatic heterocycles. The minimum Gasteiger partial charge on any atom is -0.385 e. The van der Waals surface area contributed by atoms with Crippen molar-refractivity contribution in [2.45, 2.75) is 44.9 Å². The summed E-state index contributed by atoms with van der Waals surface area (Å²) in [6.45, 7) is 6.41. The van der Waals surface area contributed by atoms with E-state index in [1.54, 1.807) is 7.11 Å². The number of guanidine groups is 1. The highest BCUT2D eigenvalue weighted by Gasteiger charge is 2.37. The average Bonchev–Trinajstić information content (AvgIpc) is 2.64. The SMILES string of the molecule is CN=C(NCC1(CCOC)CCC1)N1CCC(c2ccccc2)C(C)C1.I. The Morgan fingerprint density at radius 1 is 1.30 bits per heavy atom. The first-order chi connectivity index (χ1) is 12.7. The summed E-state index contributed by atoms with van der Waals surface area (Å²) < 4.78 is 5.32. The Balaban J connectivity index is 0.00000261. The predicted octanol–water partition coefficient (Wildman–Crippen LogP) is 4.51. The molecule has 2 unspecified atom stereocenters. The lowest BCUT2D eigenvalue weighted by Gasteiger charge is -2.44. The number of ether oxygens (including phenoxy) is 1. The van der Waals surface area contributed by atoms with Gasteiger partial charge in [-0.15, -0.1) is 24.0 Å². The van der Waals surface area contributed by atoms with Gasteiger partial charge in [0.25, 0.3) is 0 Å². The minimum atomic E-state index is 0. The molecule has 4 nitrogen and oxygen atoms in total. The topological polar surface area (TPSA) is 36.9 Å². The maximum absolute atomic E-state index is 5.32. The third-order valence-electron chi connectivity index (χ3n) is 6.52. The highest BCUT2D eigenvalue weighted by Crippen LogP contribution is 2.43. The first kappa shape index (κ1) is 22.5. The van der Waals surface area contributed by atoms with E-state index in [2.05, 4.69) is 52.5 Å². The van der Waals surface area contributed by atoms with E-state index in [0.717, 1.165) is 38.6 Å². The molecule has 1 saturated carbocycles. The molecule has 1 aromatic rings. The Bertz CT molecular complexity index is 588. The molecule has 0 spiro atoms. The highest BCUT2D eigenvalue weighted by atomic mass is 127. The molecule has 27 heavy (non-hydrogen) atoms. The number of nitrogens with zero attached hydrogens (tertiary/aromatic N) is 2.